The average molecular weight is 127 g/mol. The summed E-state index contributed by atoms with van der Waals surface area (Å²) in [4.78, 5) is 0. The van der Waals surface area contributed by atoms with Gasteiger partial charge in [-0.2, -0.15) is 0 Å². The van der Waals surface area contributed by atoms with Crippen LogP contribution in [0.25, 0.3) is 0 Å². The van der Waals surface area contributed by atoms with Gasteiger partial charge in [0.25, 0.3) is 0 Å². The number of hydrogen-bond acceptors (Lipinski definition) is 1. The minimum Gasteiger partial charge on any atom is -0.399 e. The number of anilines is 1. The van der Waals surface area contributed by atoms with Crippen molar-refractivity contribution in [2.75, 3.05) is 5.73 Å². The maximum atomic E-state index is 5.56. The van der Waals surface area contributed by atoms with Crippen LogP contribution in [0.1, 0.15) is 0 Å². The third-order valence-corrected chi connectivity index (χ3v) is 1.12. The lowest BCUT2D eigenvalue weighted by Gasteiger charge is -1.88. The Labute approximate surface area is 53.1 Å². The van der Waals surface area contributed by atoms with E-state index in [9.17, 15) is 0 Å². The van der Waals surface area contributed by atoms with E-state index in [0.29, 0.717) is 0 Å². The zero-order valence-corrected chi connectivity index (χ0v) is 5.02. The third-order valence-electron chi connectivity index (χ3n) is 0.870. The van der Waals surface area contributed by atoms with Crippen LogP contribution >= 0.6 is 11.6 Å². The van der Waals surface area contributed by atoms with Crippen molar-refractivity contribution in [2.24, 2.45) is 0 Å². The van der Waals surface area contributed by atoms with E-state index in [1.807, 2.05) is 0 Å². The lowest BCUT2D eigenvalue weighted by Crippen LogP contribution is -1.80. The summed E-state index contributed by atoms with van der Waals surface area (Å²) in [6.07, 6.45) is 0. The van der Waals surface area contributed by atoms with Crippen molar-refractivity contribution >= 4 is 17.3 Å². The molecule has 1 nitrogen and oxygen atoms in total. The molecule has 42 valence electrons. The maximum Gasteiger partial charge on any atom is 0.0407 e. The molecule has 1 rings (SSSR count). The zero-order chi connectivity index (χ0) is 5.98. The Morgan fingerprint density at radius 3 is 2.00 bits per heavy atom. The summed E-state index contributed by atoms with van der Waals surface area (Å²) in [5, 5.41) is 0.721. The van der Waals surface area contributed by atoms with Crippen LogP contribution in [-0.2, 0) is 0 Å². The zero-order valence-electron chi connectivity index (χ0n) is 4.26. The van der Waals surface area contributed by atoms with E-state index >= 15 is 0 Å². The molecule has 0 unspecified atom stereocenters. The number of halogens is 1. The molecule has 0 fully saturated rings. The average Bonchev–Trinajstić information content (AvgIpc) is 1.77. The first-order valence-corrected chi connectivity index (χ1v) is 2.68. The van der Waals surface area contributed by atoms with Crippen molar-refractivity contribution in [3.8, 4) is 0 Å². The fourth-order valence-corrected chi connectivity index (χ4v) is 0.589. The molecular formula is C6H6ClN. The topological polar surface area (TPSA) is 26.0 Å². The van der Waals surface area contributed by atoms with E-state index in [4.69, 9.17) is 17.3 Å². The summed E-state index contributed by atoms with van der Waals surface area (Å²) in [6.45, 7) is 0. The molecule has 2 heteroatoms. The van der Waals surface area contributed by atoms with Gasteiger partial charge in [-0.3, -0.25) is 0 Å². The molecule has 0 aliphatic heterocycles. The molecule has 0 spiro atoms. The van der Waals surface area contributed by atoms with Gasteiger partial charge in [-0.25, -0.2) is 0 Å². The van der Waals surface area contributed by atoms with Gasteiger partial charge in [-0.15, -0.1) is 0 Å². The molecule has 8 heavy (non-hydrogen) atoms. The lowest BCUT2D eigenvalue weighted by atomic mass is 10.3. The van der Waals surface area contributed by atoms with Crippen LogP contribution in [-0.4, -0.2) is 0 Å². The van der Waals surface area contributed by atoms with Crippen molar-refractivity contribution in [3.63, 3.8) is 0 Å². The summed E-state index contributed by atoms with van der Waals surface area (Å²) >= 11 is 5.56. The molecule has 1 aromatic carbocycles. The smallest absolute Gasteiger partial charge is 0.0407 e. The third kappa shape index (κ3) is 1.14. The molecule has 0 radical (unpaired) electrons. The van der Waals surface area contributed by atoms with Crippen molar-refractivity contribution in [2.45, 2.75) is 0 Å². The van der Waals surface area contributed by atoms with E-state index in [1.165, 1.54) is 0 Å². The van der Waals surface area contributed by atoms with Gasteiger partial charge in [0.15, 0.2) is 0 Å². The van der Waals surface area contributed by atoms with Gasteiger partial charge < -0.3 is 5.73 Å². The van der Waals surface area contributed by atoms with E-state index in [2.05, 4.69) is 0 Å². The molecule has 0 heterocycles. The van der Waals surface area contributed by atoms with Gasteiger partial charge in [-0.05, 0) is 24.3 Å². The van der Waals surface area contributed by atoms with Crippen LogP contribution in [0.15, 0.2) is 24.3 Å². The fraction of sp³-hybridized carbons (Fsp3) is 0. The standard InChI is InChI=1S/C6H6ClN/c7-5-1-3-6(8)4-2-5/h1-4H,8H2/i7+0. The number of hydrogen-bond donors (Lipinski definition) is 1. The first-order chi connectivity index (χ1) is 3.79. The highest BCUT2D eigenvalue weighted by atomic mass is 35.0. The van der Waals surface area contributed by atoms with E-state index in [-0.39, 0.29) is 0 Å². The van der Waals surface area contributed by atoms with Crippen LogP contribution in [0.5, 0.6) is 0 Å². The Hall–Kier alpha value is -0.690. The first-order valence-electron chi connectivity index (χ1n) is 2.30. The molecule has 2 N–H and O–H groups in total. The molecular weight excluding hydrogens is 121 g/mol. The maximum absolute atomic E-state index is 5.56. The highest BCUT2D eigenvalue weighted by molar-refractivity contribution is 6.30. The molecule has 0 saturated carbocycles. The Bertz CT molecular complexity index is 147. The minimum atomic E-state index is 0.721. The Morgan fingerprint density at radius 1 is 1.12 bits per heavy atom. The molecule has 0 saturated heterocycles. The fourth-order valence-electron chi connectivity index (χ4n) is 0.463. The van der Waals surface area contributed by atoms with Gasteiger partial charge in [0.2, 0.25) is 0 Å². The molecule has 0 bridgehead atoms. The number of rotatable bonds is 0. The predicted molar refractivity (Wildman–Crippen MR) is 35.9 cm³/mol. The highest BCUT2D eigenvalue weighted by Gasteiger charge is 1.82. The lowest BCUT2D eigenvalue weighted by molar-refractivity contribution is 1.69. The Kier molecular flexibility index (Phi) is 1.40. The molecule has 1 aromatic rings. The SMILES string of the molecule is Nc1ccc([35Cl])cc1. The summed E-state index contributed by atoms with van der Waals surface area (Å²) in [5.41, 5.74) is 6.11. The number of benzene rings is 1. The van der Waals surface area contributed by atoms with Crippen LogP contribution in [0.4, 0.5) is 5.69 Å². The largest absolute Gasteiger partial charge is 0.399 e. The Morgan fingerprint density at radius 2 is 1.62 bits per heavy atom. The second-order valence-electron chi connectivity index (χ2n) is 1.55. The minimum absolute atomic E-state index is 0.721. The Balaban J connectivity index is 3.03. The first kappa shape index (κ1) is 5.45. The second-order valence-corrected chi connectivity index (χ2v) is 1.99. The van der Waals surface area contributed by atoms with Gasteiger partial charge in [0.1, 0.15) is 0 Å². The van der Waals surface area contributed by atoms with Crippen molar-refractivity contribution in [3.05, 3.63) is 29.3 Å². The van der Waals surface area contributed by atoms with Crippen LogP contribution in [0, 0.1) is 0 Å². The highest BCUT2D eigenvalue weighted by Crippen LogP contribution is 2.09. The van der Waals surface area contributed by atoms with E-state index in [1.54, 1.807) is 24.3 Å². The van der Waals surface area contributed by atoms with Crippen LogP contribution in [0.3, 0.4) is 0 Å². The van der Waals surface area contributed by atoms with Gasteiger partial charge in [0, 0.05) is 10.7 Å². The van der Waals surface area contributed by atoms with Crippen LogP contribution < -0.4 is 5.73 Å². The van der Waals surface area contributed by atoms with E-state index in [0.717, 1.165) is 10.7 Å². The van der Waals surface area contributed by atoms with Gasteiger partial charge >= 0.3 is 0 Å². The normalized spacial score (nSPS) is 9.12. The molecule has 0 atom stereocenters. The number of nitrogen functional groups attached to an aromatic ring is 1. The summed E-state index contributed by atoms with van der Waals surface area (Å²) in [5.74, 6) is 0. The summed E-state index contributed by atoms with van der Waals surface area (Å²) in [7, 11) is 0. The predicted octanol–water partition coefficient (Wildman–Crippen LogP) is 1.92. The molecule has 0 amide bonds. The van der Waals surface area contributed by atoms with E-state index < -0.39 is 0 Å². The quantitative estimate of drug-likeness (QED) is 0.529. The van der Waals surface area contributed by atoms with Gasteiger partial charge in [-0.1, -0.05) is 11.6 Å². The van der Waals surface area contributed by atoms with Crippen molar-refractivity contribution in [1.82, 2.24) is 0 Å². The summed E-state index contributed by atoms with van der Waals surface area (Å²) in [6, 6.07) is 7.05. The van der Waals surface area contributed by atoms with Crippen molar-refractivity contribution < 1.29 is 0 Å². The van der Waals surface area contributed by atoms with Gasteiger partial charge in [0.05, 0.1) is 0 Å². The molecule has 0 aliphatic carbocycles. The number of nitrogens with two attached hydrogens (primary N) is 1. The monoisotopic (exact) mass is 127 g/mol. The molecule has 0 aromatic heterocycles. The van der Waals surface area contributed by atoms with Crippen LogP contribution in [0.2, 0.25) is 5.02 Å². The second kappa shape index (κ2) is 2.05. The van der Waals surface area contributed by atoms with Crippen molar-refractivity contribution in [1.29, 1.82) is 0 Å². The molecule has 0 aliphatic rings. The summed E-state index contributed by atoms with van der Waals surface area (Å²) < 4.78 is 0.